The zero-order valence-corrected chi connectivity index (χ0v) is 25.4. The number of ether oxygens (including phenoxy) is 1. The maximum absolute atomic E-state index is 13.6. The molecule has 1 unspecified atom stereocenters. The number of rotatable bonds is 11. The van der Waals surface area contributed by atoms with Crippen LogP contribution >= 0.6 is 0 Å². The summed E-state index contributed by atoms with van der Waals surface area (Å²) < 4.78 is 19.2. The Morgan fingerprint density at radius 1 is 0.905 bits per heavy atom. The molecule has 1 fully saturated rings. The Kier molecular flexibility index (Phi) is 10.6. The fraction of sp³-hybridized carbons (Fsp3) is 0.417. The minimum atomic E-state index is -0.201. The van der Waals surface area contributed by atoms with E-state index in [1.807, 2.05) is 19.1 Å². The minimum absolute atomic E-state index is 0.201. The molecule has 2 aliphatic rings. The van der Waals surface area contributed by atoms with Crippen molar-refractivity contribution >= 4 is 17.2 Å². The third kappa shape index (κ3) is 7.94. The fourth-order valence-electron chi connectivity index (χ4n) is 6.03. The van der Waals surface area contributed by atoms with E-state index in [4.69, 9.17) is 9.73 Å². The van der Waals surface area contributed by atoms with Gasteiger partial charge in [0.1, 0.15) is 11.7 Å². The van der Waals surface area contributed by atoms with Gasteiger partial charge in [0.15, 0.2) is 0 Å². The van der Waals surface area contributed by atoms with Crippen molar-refractivity contribution < 1.29 is 9.13 Å². The van der Waals surface area contributed by atoms with E-state index in [0.717, 1.165) is 100 Å². The Bertz CT molecular complexity index is 1360. The summed E-state index contributed by atoms with van der Waals surface area (Å²) in [6.07, 6.45) is 3.02. The van der Waals surface area contributed by atoms with E-state index < -0.39 is 0 Å². The molecule has 5 rings (SSSR count). The molecular weight excluding hydrogens is 523 g/mol. The van der Waals surface area contributed by atoms with Gasteiger partial charge in [-0.3, -0.25) is 4.90 Å². The van der Waals surface area contributed by atoms with E-state index in [0.29, 0.717) is 0 Å². The molecule has 1 atom stereocenters. The number of aliphatic imine (C=N–C) groups is 1. The Labute approximate surface area is 251 Å². The summed E-state index contributed by atoms with van der Waals surface area (Å²) in [4.78, 5) is 10.1. The average Bonchev–Trinajstić information content (AvgIpc) is 3.01. The highest BCUT2D eigenvalue weighted by Gasteiger charge is 2.26. The van der Waals surface area contributed by atoms with Crippen molar-refractivity contribution in [3.63, 3.8) is 0 Å². The summed E-state index contributed by atoms with van der Waals surface area (Å²) in [6, 6.07) is 24.2. The van der Waals surface area contributed by atoms with E-state index in [2.05, 4.69) is 77.5 Å². The number of nitrogens with zero attached hydrogens (tertiary/aromatic N) is 3. The number of fused-ring (bicyclic) bond motifs is 1. The summed E-state index contributed by atoms with van der Waals surface area (Å²) >= 11 is 0. The highest BCUT2D eigenvalue weighted by atomic mass is 19.1. The summed E-state index contributed by atoms with van der Waals surface area (Å²) in [5.74, 6) is 0.869. The van der Waals surface area contributed by atoms with Gasteiger partial charge in [-0.05, 0) is 79.6 Å². The van der Waals surface area contributed by atoms with Crippen LogP contribution in [0.25, 0.3) is 5.70 Å². The quantitative estimate of drug-likeness (QED) is 0.151. The van der Waals surface area contributed by atoms with E-state index in [-0.39, 0.29) is 11.7 Å². The predicted molar refractivity (Wildman–Crippen MR) is 173 cm³/mol. The Balaban J connectivity index is 1.15. The molecule has 1 aliphatic carbocycles. The number of halogens is 1. The number of amidine groups is 1. The highest BCUT2D eigenvalue weighted by Crippen LogP contribution is 2.42. The number of piperazine rings is 1. The second kappa shape index (κ2) is 14.7. The van der Waals surface area contributed by atoms with E-state index in [1.165, 1.54) is 16.7 Å². The minimum Gasteiger partial charge on any atom is -0.380 e. The first-order valence-corrected chi connectivity index (χ1v) is 15.5. The molecule has 5 nitrogen and oxygen atoms in total. The number of anilines is 1. The van der Waals surface area contributed by atoms with E-state index in [1.54, 1.807) is 12.1 Å². The van der Waals surface area contributed by atoms with Crippen molar-refractivity contribution in [3.05, 3.63) is 106 Å². The van der Waals surface area contributed by atoms with E-state index >= 15 is 0 Å². The van der Waals surface area contributed by atoms with Gasteiger partial charge in [-0.25, -0.2) is 9.38 Å². The molecular formula is C36H45FN4O. The third-order valence-corrected chi connectivity index (χ3v) is 8.42. The van der Waals surface area contributed by atoms with Crippen molar-refractivity contribution in [3.8, 4) is 0 Å². The summed E-state index contributed by atoms with van der Waals surface area (Å²) in [7, 11) is 0. The normalized spacial score (nSPS) is 18.3. The molecule has 222 valence electrons. The molecule has 3 aromatic carbocycles. The van der Waals surface area contributed by atoms with E-state index in [9.17, 15) is 4.39 Å². The molecule has 0 aromatic heterocycles. The number of nitrogens with one attached hydrogen (secondary N) is 1. The Morgan fingerprint density at radius 2 is 1.60 bits per heavy atom. The van der Waals surface area contributed by atoms with Gasteiger partial charge >= 0.3 is 0 Å². The van der Waals surface area contributed by atoms with Crippen LogP contribution in [0.1, 0.15) is 61.8 Å². The molecule has 0 radical (unpaired) electrons. The maximum Gasteiger partial charge on any atom is 0.123 e. The van der Waals surface area contributed by atoms with Gasteiger partial charge in [0, 0.05) is 63.0 Å². The third-order valence-electron chi connectivity index (χ3n) is 8.42. The van der Waals surface area contributed by atoms with Crippen LogP contribution in [0.5, 0.6) is 0 Å². The van der Waals surface area contributed by atoms with Gasteiger partial charge in [-0.2, -0.15) is 0 Å². The van der Waals surface area contributed by atoms with Crippen molar-refractivity contribution in [2.45, 2.75) is 46.0 Å². The molecule has 1 aliphatic heterocycles. The molecule has 1 saturated heterocycles. The Hall–Kier alpha value is -3.32. The second-order valence-electron chi connectivity index (χ2n) is 11.6. The smallest absolute Gasteiger partial charge is 0.123 e. The van der Waals surface area contributed by atoms with Crippen LogP contribution in [-0.2, 0) is 11.2 Å². The lowest BCUT2D eigenvalue weighted by Crippen LogP contribution is -2.47. The van der Waals surface area contributed by atoms with Crippen molar-refractivity contribution in [1.82, 2.24) is 9.80 Å². The van der Waals surface area contributed by atoms with Gasteiger partial charge in [0.2, 0.25) is 0 Å². The molecule has 0 bridgehead atoms. The molecule has 0 spiro atoms. The first kappa shape index (κ1) is 30.1. The number of hydrogen-bond acceptors (Lipinski definition) is 4. The Morgan fingerprint density at radius 3 is 2.31 bits per heavy atom. The lowest BCUT2D eigenvalue weighted by Gasteiger charge is -2.34. The average molecular weight is 569 g/mol. The van der Waals surface area contributed by atoms with Crippen LogP contribution in [-0.4, -0.2) is 68.1 Å². The SMILES string of the molecule is CCCOCCN1CCN(CCc2ccc(NC(C)=NC3=C(C)CC(c4ccc(F)cc4)c4ccccc43)cc2)CC1. The van der Waals surface area contributed by atoms with Gasteiger partial charge in [0.25, 0.3) is 0 Å². The van der Waals surface area contributed by atoms with Crippen LogP contribution in [0, 0.1) is 5.82 Å². The molecule has 1 N–H and O–H groups in total. The van der Waals surface area contributed by atoms with Gasteiger partial charge in [-0.15, -0.1) is 0 Å². The van der Waals surface area contributed by atoms with Crippen molar-refractivity contribution in [1.29, 1.82) is 0 Å². The van der Waals surface area contributed by atoms with Crippen molar-refractivity contribution in [2.24, 2.45) is 4.99 Å². The molecule has 0 amide bonds. The van der Waals surface area contributed by atoms with Crippen LogP contribution in [0.15, 0.2) is 83.4 Å². The van der Waals surface area contributed by atoms with Gasteiger partial charge in [0.05, 0.1) is 12.3 Å². The monoisotopic (exact) mass is 568 g/mol. The van der Waals surface area contributed by atoms with Gasteiger partial charge < -0.3 is 15.0 Å². The molecule has 42 heavy (non-hydrogen) atoms. The lowest BCUT2D eigenvalue weighted by atomic mass is 9.78. The fourth-order valence-corrected chi connectivity index (χ4v) is 6.03. The molecule has 1 heterocycles. The second-order valence-corrected chi connectivity index (χ2v) is 11.6. The highest BCUT2D eigenvalue weighted by molar-refractivity contribution is 5.97. The zero-order chi connectivity index (χ0) is 29.3. The molecule has 0 saturated carbocycles. The topological polar surface area (TPSA) is 40.1 Å². The largest absolute Gasteiger partial charge is 0.380 e. The van der Waals surface area contributed by atoms with Gasteiger partial charge in [-0.1, -0.05) is 55.5 Å². The standard InChI is InChI=1S/C36H45FN4O/c1-4-24-42-25-23-41-21-19-40(20-22-41)18-17-29-9-15-32(16-10-29)38-28(3)39-36-27(2)26-35(30-11-13-31(37)14-12-30)33-7-5-6-8-34(33)36/h5-16,35H,4,17-26H2,1-3H3,(H,38,39). The first-order valence-electron chi connectivity index (χ1n) is 15.5. The molecule has 3 aromatic rings. The van der Waals surface area contributed by atoms with Crippen LogP contribution in [0.4, 0.5) is 10.1 Å². The number of allylic oxidation sites excluding steroid dienone is 1. The number of benzene rings is 3. The predicted octanol–water partition coefficient (Wildman–Crippen LogP) is 7.21. The summed E-state index contributed by atoms with van der Waals surface area (Å²) in [5.41, 5.74) is 8.20. The zero-order valence-electron chi connectivity index (χ0n) is 25.4. The van der Waals surface area contributed by atoms with Crippen LogP contribution < -0.4 is 5.32 Å². The molecule has 6 heteroatoms. The summed E-state index contributed by atoms with van der Waals surface area (Å²) in [6.45, 7) is 14.7. The lowest BCUT2D eigenvalue weighted by molar-refractivity contribution is 0.0762. The summed E-state index contributed by atoms with van der Waals surface area (Å²) in [5, 5.41) is 3.50. The van der Waals surface area contributed by atoms with Crippen molar-refractivity contribution in [2.75, 3.05) is 57.8 Å². The first-order chi connectivity index (χ1) is 20.5. The number of hydrogen-bond donors (Lipinski definition) is 1. The maximum atomic E-state index is 13.6. The van der Waals surface area contributed by atoms with Crippen LogP contribution in [0.2, 0.25) is 0 Å². The van der Waals surface area contributed by atoms with Crippen LogP contribution in [0.3, 0.4) is 0 Å².